The van der Waals surface area contributed by atoms with Crippen LogP contribution in [0.15, 0.2) is 24.4 Å². The molecule has 1 aromatic carbocycles. The van der Waals surface area contributed by atoms with Crippen molar-refractivity contribution in [1.82, 2.24) is 15.1 Å². The largest absolute Gasteiger partial charge is 0.313 e. The van der Waals surface area contributed by atoms with Crippen molar-refractivity contribution in [3.8, 4) is 11.1 Å². The molecule has 1 heterocycles. The van der Waals surface area contributed by atoms with E-state index in [1.807, 2.05) is 23.9 Å². The Labute approximate surface area is 119 Å². The Morgan fingerprint density at radius 1 is 1.25 bits per heavy atom. The third kappa shape index (κ3) is 3.07. The van der Waals surface area contributed by atoms with Crippen LogP contribution in [0.5, 0.6) is 0 Å². The van der Waals surface area contributed by atoms with Crippen molar-refractivity contribution < 1.29 is 4.39 Å². The Morgan fingerprint density at radius 2 is 2.05 bits per heavy atom. The van der Waals surface area contributed by atoms with Gasteiger partial charge in [0.25, 0.3) is 0 Å². The molecule has 0 radical (unpaired) electrons. The first-order valence-electron chi connectivity index (χ1n) is 7.19. The molecule has 108 valence electrons. The van der Waals surface area contributed by atoms with Crippen LogP contribution in [-0.2, 0) is 13.1 Å². The summed E-state index contributed by atoms with van der Waals surface area (Å²) in [5.74, 6) is -0.194. The molecule has 1 N–H and O–H groups in total. The molecule has 0 aliphatic heterocycles. The van der Waals surface area contributed by atoms with Gasteiger partial charge < -0.3 is 5.32 Å². The van der Waals surface area contributed by atoms with Crippen molar-refractivity contribution in [2.45, 2.75) is 40.3 Å². The highest BCUT2D eigenvalue weighted by Gasteiger charge is 2.12. The van der Waals surface area contributed by atoms with E-state index in [1.54, 1.807) is 6.07 Å². The third-order valence-electron chi connectivity index (χ3n) is 3.46. The van der Waals surface area contributed by atoms with Crippen LogP contribution in [0, 0.1) is 12.7 Å². The van der Waals surface area contributed by atoms with Crippen LogP contribution in [-0.4, -0.2) is 16.3 Å². The second-order valence-corrected chi connectivity index (χ2v) is 4.95. The SMILES string of the molecule is CCCn1ncc(-c2ccc(F)cc2CNCC)c1C. The van der Waals surface area contributed by atoms with E-state index in [1.165, 1.54) is 6.07 Å². The first-order chi connectivity index (χ1) is 9.67. The van der Waals surface area contributed by atoms with E-state index >= 15 is 0 Å². The number of aromatic nitrogens is 2. The highest BCUT2D eigenvalue weighted by Crippen LogP contribution is 2.27. The molecule has 2 rings (SSSR count). The molecular weight excluding hydrogens is 253 g/mol. The number of nitrogens with one attached hydrogen (secondary N) is 1. The first kappa shape index (κ1) is 14.7. The van der Waals surface area contributed by atoms with E-state index in [0.717, 1.165) is 41.9 Å². The molecule has 0 bridgehead atoms. The van der Waals surface area contributed by atoms with Gasteiger partial charge in [-0.25, -0.2) is 4.39 Å². The summed E-state index contributed by atoms with van der Waals surface area (Å²) in [5.41, 5.74) is 4.26. The molecule has 0 spiro atoms. The molecule has 0 saturated carbocycles. The summed E-state index contributed by atoms with van der Waals surface area (Å²) in [5, 5.41) is 7.69. The Kier molecular flexibility index (Phi) is 4.90. The molecule has 4 heteroatoms. The van der Waals surface area contributed by atoms with E-state index in [2.05, 4.69) is 24.3 Å². The average molecular weight is 275 g/mol. The second-order valence-electron chi connectivity index (χ2n) is 4.95. The minimum atomic E-state index is -0.194. The van der Waals surface area contributed by atoms with Gasteiger partial charge in [-0.2, -0.15) is 5.10 Å². The van der Waals surface area contributed by atoms with Gasteiger partial charge in [0.15, 0.2) is 0 Å². The first-order valence-corrected chi connectivity index (χ1v) is 7.19. The van der Waals surface area contributed by atoms with Gasteiger partial charge in [-0.05, 0) is 43.1 Å². The van der Waals surface area contributed by atoms with E-state index in [9.17, 15) is 4.39 Å². The lowest BCUT2D eigenvalue weighted by Crippen LogP contribution is -2.12. The molecule has 0 amide bonds. The molecule has 0 aliphatic rings. The van der Waals surface area contributed by atoms with Gasteiger partial charge in [0, 0.05) is 24.3 Å². The molecule has 0 atom stereocenters. The van der Waals surface area contributed by atoms with Gasteiger partial charge in [0.1, 0.15) is 5.82 Å². The predicted octanol–water partition coefficient (Wildman–Crippen LogP) is 3.52. The summed E-state index contributed by atoms with van der Waals surface area (Å²) in [6.07, 6.45) is 2.93. The Hall–Kier alpha value is -1.68. The van der Waals surface area contributed by atoms with Gasteiger partial charge in [-0.15, -0.1) is 0 Å². The summed E-state index contributed by atoms with van der Waals surface area (Å²) < 4.78 is 15.5. The van der Waals surface area contributed by atoms with Gasteiger partial charge >= 0.3 is 0 Å². The Bertz CT molecular complexity index is 575. The van der Waals surface area contributed by atoms with Crippen LogP contribution in [0.25, 0.3) is 11.1 Å². The Balaban J connectivity index is 2.41. The molecular formula is C16H22FN3. The van der Waals surface area contributed by atoms with Crippen LogP contribution in [0.2, 0.25) is 0 Å². The fourth-order valence-electron chi connectivity index (χ4n) is 2.38. The highest BCUT2D eigenvalue weighted by molar-refractivity contribution is 5.69. The second kappa shape index (κ2) is 6.66. The lowest BCUT2D eigenvalue weighted by molar-refractivity contribution is 0.587. The topological polar surface area (TPSA) is 29.9 Å². The standard InChI is InChI=1S/C16H22FN3/c1-4-8-20-12(3)16(11-19-20)15-7-6-14(17)9-13(15)10-18-5-2/h6-7,9,11,18H,4-5,8,10H2,1-3H3. The van der Waals surface area contributed by atoms with E-state index in [0.29, 0.717) is 6.54 Å². The van der Waals surface area contributed by atoms with E-state index in [-0.39, 0.29) is 5.82 Å². The van der Waals surface area contributed by atoms with Gasteiger partial charge in [0.2, 0.25) is 0 Å². The lowest BCUT2D eigenvalue weighted by Gasteiger charge is -2.10. The molecule has 20 heavy (non-hydrogen) atoms. The minimum absolute atomic E-state index is 0.194. The highest BCUT2D eigenvalue weighted by atomic mass is 19.1. The Morgan fingerprint density at radius 3 is 2.75 bits per heavy atom. The number of aryl methyl sites for hydroxylation is 1. The average Bonchev–Trinajstić information content (AvgIpc) is 2.79. The normalized spacial score (nSPS) is 11.0. The maximum absolute atomic E-state index is 13.5. The van der Waals surface area contributed by atoms with Crippen molar-refractivity contribution in [2.75, 3.05) is 6.54 Å². The number of rotatable bonds is 6. The molecule has 0 unspecified atom stereocenters. The zero-order valence-corrected chi connectivity index (χ0v) is 12.4. The maximum Gasteiger partial charge on any atom is 0.123 e. The number of hydrogen-bond acceptors (Lipinski definition) is 2. The van der Waals surface area contributed by atoms with E-state index in [4.69, 9.17) is 0 Å². The lowest BCUT2D eigenvalue weighted by atomic mass is 10.00. The molecule has 2 aromatic rings. The number of nitrogens with zero attached hydrogens (tertiary/aromatic N) is 2. The van der Waals surface area contributed by atoms with Crippen LogP contribution in [0.1, 0.15) is 31.5 Å². The van der Waals surface area contributed by atoms with Crippen molar-refractivity contribution >= 4 is 0 Å². The number of hydrogen-bond donors (Lipinski definition) is 1. The number of benzene rings is 1. The zero-order valence-electron chi connectivity index (χ0n) is 12.4. The monoisotopic (exact) mass is 275 g/mol. The zero-order chi connectivity index (χ0) is 14.5. The quantitative estimate of drug-likeness (QED) is 0.874. The van der Waals surface area contributed by atoms with Crippen LogP contribution < -0.4 is 5.32 Å². The van der Waals surface area contributed by atoms with Crippen molar-refractivity contribution in [2.24, 2.45) is 0 Å². The maximum atomic E-state index is 13.5. The summed E-state index contributed by atoms with van der Waals surface area (Å²) in [6, 6.07) is 4.97. The summed E-state index contributed by atoms with van der Waals surface area (Å²) in [7, 11) is 0. The molecule has 3 nitrogen and oxygen atoms in total. The van der Waals surface area contributed by atoms with Crippen LogP contribution >= 0.6 is 0 Å². The smallest absolute Gasteiger partial charge is 0.123 e. The fraction of sp³-hybridized carbons (Fsp3) is 0.438. The van der Waals surface area contributed by atoms with E-state index < -0.39 is 0 Å². The van der Waals surface area contributed by atoms with Crippen LogP contribution in [0.3, 0.4) is 0 Å². The third-order valence-corrected chi connectivity index (χ3v) is 3.46. The molecule has 0 fully saturated rings. The number of halogens is 1. The van der Waals surface area contributed by atoms with Crippen LogP contribution in [0.4, 0.5) is 4.39 Å². The van der Waals surface area contributed by atoms with Crippen molar-refractivity contribution in [3.05, 3.63) is 41.5 Å². The minimum Gasteiger partial charge on any atom is -0.313 e. The van der Waals surface area contributed by atoms with Gasteiger partial charge in [-0.1, -0.05) is 19.9 Å². The summed E-state index contributed by atoms with van der Waals surface area (Å²) in [4.78, 5) is 0. The summed E-state index contributed by atoms with van der Waals surface area (Å²) >= 11 is 0. The van der Waals surface area contributed by atoms with Crippen molar-refractivity contribution in [3.63, 3.8) is 0 Å². The molecule has 0 aliphatic carbocycles. The van der Waals surface area contributed by atoms with Crippen molar-refractivity contribution in [1.29, 1.82) is 0 Å². The van der Waals surface area contributed by atoms with Gasteiger partial charge in [-0.3, -0.25) is 4.68 Å². The molecule has 1 aromatic heterocycles. The molecule has 0 saturated heterocycles. The van der Waals surface area contributed by atoms with Gasteiger partial charge in [0.05, 0.1) is 6.20 Å². The fourth-order valence-corrected chi connectivity index (χ4v) is 2.38. The predicted molar refractivity (Wildman–Crippen MR) is 80.0 cm³/mol. The summed E-state index contributed by atoms with van der Waals surface area (Å²) in [6.45, 7) is 8.69.